The van der Waals surface area contributed by atoms with Crippen molar-refractivity contribution in [3.63, 3.8) is 0 Å². The van der Waals surface area contributed by atoms with Gasteiger partial charge in [-0.2, -0.15) is 5.26 Å². The van der Waals surface area contributed by atoms with Gasteiger partial charge in [-0.15, -0.1) is 0 Å². The Morgan fingerprint density at radius 2 is 1.79 bits per heavy atom. The third-order valence-electron chi connectivity index (χ3n) is 4.67. The van der Waals surface area contributed by atoms with Gasteiger partial charge >= 0.3 is 5.97 Å². The quantitative estimate of drug-likeness (QED) is 0.136. The highest BCUT2D eigenvalue weighted by atomic mass is 16.6. The zero-order valence-electron chi connectivity index (χ0n) is 18.3. The van der Waals surface area contributed by atoms with E-state index in [1.807, 2.05) is 0 Å². The number of aryl methyl sites for hydroxylation is 1. The molecule has 3 aromatic carbocycles. The fourth-order valence-corrected chi connectivity index (χ4v) is 2.99. The maximum Gasteiger partial charge on any atom is 0.343 e. The van der Waals surface area contributed by atoms with Crippen LogP contribution in [0.2, 0.25) is 0 Å². The number of nitro benzene ring substituents is 1. The molecule has 0 radical (unpaired) electrons. The van der Waals surface area contributed by atoms with Gasteiger partial charge in [0.2, 0.25) is 0 Å². The zero-order valence-corrected chi connectivity index (χ0v) is 18.3. The minimum absolute atomic E-state index is 0.0255. The van der Waals surface area contributed by atoms with Crippen LogP contribution in [0.25, 0.3) is 6.08 Å². The van der Waals surface area contributed by atoms with Gasteiger partial charge in [0.15, 0.2) is 11.5 Å². The third kappa shape index (κ3) is 5.63. The Kier molecular flexibility index (Phi) is 7.36. The lowest BCUT2D eigenvalue weighted by molar-refractivity contribution is -0.384. The van der Waals surface area contributed by atoms with Crippen molar-refractivity contribution in [1.29, 1.82) is 5.26 Å². The highest BCUT2D eigenvalue weighted by Gasteiger charge is 2.19. The van der Waals surface area contributed by atoms with Crippen LogP contribution in [-0.2, 0) is 4.79 Å². The van der Waals surface area contributed by atoms with Crippen LogP contribution >= 0.6 is 0 Å². The summed E-state index contributed by atoms with van der Waals surface area (Å²) >= 11 is 0. The van der Waals surface area contributed by atoms with E-state index in [9.17, 15) is 25.0 Å². The van der Waals surface area contributed by atoms with Crippen LogP contribution in [0.1, 0.15) is 21.5 Å². The van der Waals surface area contributed by atoms with Gasteiger partial charge in [-0.1, -0.05) is 30.3 Å². The molecule has 34 heavy (non-hydrogen) atoms. The van der Waals surface area contributed by atoms with Crippen molar-refractivity contribution in [3.8, 4) is 17.6 Å². The van der Waals surface area contributed by atoms with Crippen LogP contribution in [0.4, 0.5) is 11.4 Å². The van der Waals surface area contributed by atoms with Gasteiger partial charge in [0.25, 0.3) is 11.6 Å². The van der Waals surface area contributed by atoms with Gasteiger partial charge in [0.05, 0.1) is 17.6 Å². The van der Waals surface area contributed by atoms with Crippen molar-refractivity contribution in [3.05, 3.63) is 99.1 Å². The summed E-state index contributed by atoms with van der Waals surface area (Å²) < 4.78 is 10.7. The maximum absolute atomic E-state index is 12.6. The number of nitro groups is 1. The van der Waals surface area contributed by atoms with E-state index in [4.69, 9.17) is 9.47 Å². The van der Waals surface area contributed by atoms with E-state index >= 15 is 0 Å². The van der Waals surface area contributed by atoms with Crippen LogP contribution in [0.5, 0.6) is 11.5 Å². The molecule has 0 bridgehead atoms. The smallest absolute Gasteiger partial charge is 0.343 e. The number of methoxy groups -OCH3 is 1. The fraction of sp³-hybridized carbons (Fsp3) is 0.0800. The van der Waals surface area contributed by atoms with Crippen molar-refractivity contribution in [2.75, 3.05) is 12.4 Å². The normalized spacial score (nSPS) is 10.7. The number of nitrogens with zero attached hydrogens (tertiary/aromatic N) is 2. The minimum Gasteiger partial charge on any atom is -0.493 e. The molecule has 0 aliphatic heterocycles. The monoisotopic (exact) mass is 457 g/mol. The number of hydrogen-bond acceptors (Lipinski definition) is 7. The Bertz CT molecular complexity index is 1330. The lowest BCUT2D eigenvalue weighted by atomic mass is 10.1. The first-order chi connectivity index (χ1) is 16.3. The Hall–Kier alpha value is -4.97. The summed E-state index contributed by atoms with van der Waals surface area (Å²) in [4.78, 5) is 35.6. The number of nitriles is 1. The van der Waals surface area contributed by atoms with Gasteiger partial charge in [-0.05, 0) is 54.5 Å². The summed E-state index contributed by atoms with van der Waals surface area (Å²) in [5.74, 6) is -1.01. The second-order valence-corrected chi connectivity index (χ2v) is 7.07. The molecule has 3 aromatic rings. The standard InChI is InChI=1S/C25H19N3O6/c1-16-8-10-20(21(12-16)28(31)32)27-24(29)19(15-26)13-17-9-11-22(23(14-17)33-2)34-25(30)18-6-4-3-5-7-18/h3-14H,1-2H3,(H,27,29)/b19-13+. The number of ether oxygens (including phenoxy) is 2. The summed E-state index contributed by atoms with van der Waals surface area (Å²) in [6, 6.07) is 19.1. The predicted molar refractivity (Wildman–Crippen MR) is 124 cm³/mol. The minimum atomic E-state index is -0.812. The molecule has 1 amide bonds. The number of nitrogens with one attached hydrogen (secondary N) is 1. The summed E-state index contributed by atoms with van der Waals surface area (Å²) in [5, 5.41) is 23.2. The average Bonchev–Trinajstić information content (AvgIpc) is 2.84. The van der Waals surface area contributed by atoms with Gasteiger partial charge in [0, 0.05) is 6.07 Å². The summed E-state index contributed by atoms with van der Waals surface area (Å²) in [6.07, 6.45) is 1.29. The van der Waals surface area contributed by atoms with E-state index in [0.29, 0.717) is 16.7 Å². The van der Waals surface area contributed by atoms with Crippen molar-refractivity contribution >= 4 is 29.3 Å². The Labute approximate surface area is 195 Å². The van der Waals surface area contributed by atoms with Gasteiger partial charge in [0.1, 0.15) is 17.3 Å². The third-order valence-corrected chi connectivity index (χ3v) is 4.67. The molecule has 0 aliphatic carbocycles. The van der Waals surface area contributed by atoms with Crippen molar-refractivity contribution in [1.82, 2.24) is 0 Å². The van der Waals surface area contributed by atoms with E-state index in [1.165, 1.54) is 43.5 Å². The predicted octanol–water partition coefficient (Wildman–Crippen LogP) is 4.68. The first-order valence-electron chi connectivity index (χ1n) is 9.96. The Balaban J connectivity index is 1.83. The highest BCUT2D eigenvalue weighted by Crippen LogP contribution is 2.30. The lowest BCUT2D eigenvalue weighted by Crippen LogP contribution is -2.14. The number of esters is 1. The molecule has 1 N–H and O–H groups in total. The lowest BCUT2D eigenvalue weighted by Gasteiger charge is -2.10. The molecule has 0 unspecified atom stereocenters. The topological polar surface area (TPSA) is 132 Å². The molecule has 9 nitrogen and oxygen atoms in total. The van der Waals surface area contributed by atoms with Crippen molar-refractivity contribution in [2.45, 2.75) is 6.92 Å². The number of rotatable bonds is 7. The second-order valence-electron chi connectivity index (χ2n) is 7.07. The molecular weight excluding hydrogens is 438 g/mol. The first-order valence-corrected chi connectivity index (χ1v) is 9.96. The summed E-state index contributed by atoms with van der Waals surface area (Å²) in [7, 11) is 1.39. The molecule has 0 aromatic heterocycles. The number of anilines is 1. The molecule has 0 atom stereocenters. The van der Waals surface area contributed by atoms with Crippen LogP contribution in [0.15, 0.2) is 72.3 Å². The number of hydrogen-bond donors (Lipinski definition) is 1. The molecule has 0 heterocycles. The van der Waals surface area contributed by atoms with E-state index in [0.717, 1.165) is 0 Å². The van der Waals surface area contributed by atoms with Gasteiger partial charge in [-0.3, -0.25) is 14.9 Å². The van der Waals surface area contributed by atoms with Crippen molar-refractivity contribution in [2.24, 2.45) is 0 Å². The number of carbonyl (C=O) groups is 2. The molecule has 0 saturated heterocycles. The molecular formula is C25H19N3O6. The van der Waals surface area contributed by atoms with E-state index in [-0.39, 0.29) is 28.4 Å². The SMILES string of the molecule is COc1cc(/C=C(\C#N)C(=O)Nc2ccc(C)cc2[N+](=O)[O-])ccc1OC(=O)c1ccccc1. The van der Waals surface area contributed by atoms with Crippen LogP contribution in [-0.4, -0.2) is 23.9 Å². The van der Waals surface area contributed by atoms with Crippen LogP contribution in [0.3, 0.4) is 0 Å². The molecule has 0 spiro atoms. The molecule has 170 valence electrons. The van der Waals surface area contributed by atoms with Crippen molar-refractivity contribution < 1.29 is 24.0 Å². The first kappa shape index (κ1) is 23.7. The zero-order chi connectivity index (χ0) is 24.7. The van der Waals surface area contributed by atoms with E-state index in [2.05, 4.69) is 5.32 Å². The Morgan fingerprint density at radius 3 is 2.44 bits per heavy atom. The molecule has 0 fully saturated rings. The number of carbonyl (C=O) groups excluding carboxylic acids is 2. The largest absolute Gasteiger partial charge is 0.493 e. The van der Waals surface area contributed by atoms with Gasteiger partial charge < -0.3 is 14.8 Å². The number of amides is 1. The average molecular weight is 457 g/mol. The van der Waals surface area contributed by atoms with Crippen LogP contribution < -0.4 is 14.8 Å². The second kappa shape index (κ2) is 10.6. The maximum atomic E-state index is 12.6. The summed E-state index contributed by atoms with van der Waals surface area (Å²) in [5.41, 5.74) is 0.842. The van der Waals surface area contributed by atoms with Crippen LogP contribution in [0, 0.1) is 28.4 Å². The molecule has 0 aliphatic rings. The van der Waals surface area contributed by atoms with Gasteiger partial charge in [-0.25, -0.2) is 4.79 Å². The fourth-order valence-electron chi connectivity index (χ4n) is 2.99. The molecule has 9 heteroatoms. The number of benzene rings is 3. The molecule has 0 saturated carbocycles. The highest BCUT2D eigenvalue weighted by molar-refractivity contribution is 6.10. The van der Waals surface area contributed by atoms with E-state index in [1.54, 1.807) is 49.4 Å². The van der Waals surface area contributed by atoms with E-state index < -0.39 is 16.8 Å². The molecule has 3 rings (SSSR count). The summed E-state index contributed by atoms with van der Waals surface area (Å²) in [6.45, 7) is 1.69. The Morgan fingerprint density at radius 1 is 1.06 bits per heavy atom.